The molecule has 0 aliphatic carbocycles. The first-order valence-corrected chi connectivity index (χ1v) is 11.1. The van der Waals surface area contributed by atoms with Crippen molar-refractivity contribution in [3.05, 3.63) is 12.2 Å². The molecule has 4 heteroatoms. The highest BCUT2D eigenvalue weighted by atomic mass is 16.6. The van der Waals surface area contributed by atoms with E-state index in [1.54, 1.807) is 6.92 Å². The number of carbonyl (C=O) groups excluding carboxylic acids is 1. The molecule has 0 spiro atoms. The molecule has 0 N–H and O–H groups in total. The van der Waals surface area contributed by atoms with Gasteiger partial charge in [0.2, 0.25) is 0 Å². The zero-order valence-corrected chi connectivity index (χ0v) is 19.2. The van der Waals surface area contributed by atoms with Gasteiger partial charge in [0.15, 0.2) is 0 Å². The summed E-state index contributed by atoms with van der Waals surface area (Å²) < 4.78 is 0. The molecule has 0 radical (unpaired) electrons. The van der Waals surface area contributed by atoms with Gasteiger partial charge in [0.05, 0.1) is 5.71 Å². The number of unbranched alkanes of at least 4 members (excludes halogenated alkanes) is 5. The van der Waals surface area contributed by atoms with E-state index in [0.29, 0.717) is 18.9 Å². The predicted octanol–water partition coefficient (Wildman–Crippen LogP) is 6.93. The maximum atomic E-state index is 10.9. The zero-order chi connectivity index (χ0) is 21.2. The molecule has 0 saturated heterocycles. The third-order valence-electron chi connectivity index (χ3n) is 4.67. The number of ketones is 1. The summed E-state index contributed by atoms with van der Waals surface area (Å²) >= 11 is 0. The van der Waals surface area contributed by atoms with Crippen LogP contribution in [-0.4, -0.2) is 30.4 Å². The Labute approximate surface area is 173 Å². The number of oxime groups is 1. The molecule has 0 fully saturated rings. The van der Waals surface area contributed by atoms with Crippen LogP contribution >= 0.6 is 0 Å². The Hall–Kier alpha value is -1.45. The zero-order valence-electron chi connectivity index (χ0n) is 19.2. The van der Waals surface area contributed by atoms with Gasteiger partial charge in [0.25, 0.3) is 0 Å². The van der Waals surface area contributed by atoms with Crippen LogP contribution in [0.3, 0.4) is 0 Å². The number of carbonyl (C=O) groups is 1. The van der Waals surface area contributed by atoms with Crippen molar-refractivity contribution < 1.29 is 9.63 Å². The summed E-state index contributed by atoms with van der Waals surface area (Å²) in [6, 6.07) is 0. The van der Waals surface area contributed by atoms with Gasteiger partial charge >= 0.3 is 0 Å². The minimum atomic E-state index is 0.265. The second-order valence-electron chi connectivity index (χ2n) is 8.42. The lowest BCUT2D eigenvalue weighted by atomic mass is 9.99. The van der Waals surface area contributed by atoms with Gasteiger partial charge in [0.1, 0.15) is 12.4 Å². The van der Waals surface area contributed by atoms with Crippen LogP contribution in [0.15, 0.2) is 22.3 Å². The van der Waals surface area contributed by atoms with Crippen LogP contribution in [0, 0.1) is 5.92 Å². The Morgan fingerprint density at radius 1 is 0.857 bits per heavy atom. The number of aliphatic imine (C=N–C) groups is 1. The quantitative estimate of drug-likeness (QED) is 0.110. The van der Waals surface area contributed by atoms with Crippen molar-refractivity contribution in [2.75, 3.05) is 13.2 Å². The lowest BCUT2D eigenvalue weighted by Gasteiger charge is -2.11. The van der Waals surface area contributed by atoms with Crippen molar-refractivity contribution in [1.82, 2.24) is 0 Å². The predicted molar refractivity (Wildman–Crippen MR) is 122 cm³/mol. The fourth-order valence-electron chi connectivity index (χ4n) is 3.22. The Balaban J connectivity index is 3.78. The largest absolute Gasteiger partial charge is 0.396 e. The highest BCUT2D eigenvalue weighted by Gasteiger charge is 2.06. The van der Waals surface area contributed by atoms with Gasteiger partial charge in [-0.15, -0.1) is 6.58 Å². The molecule has 0 saturated carbocycles. The highest BCUT2D eigenvalue weighted by Crippen LogP contribution is 2.12. The molecular weight excluding hydrogens is 348 g/mol. The Bertz CT molecular complexity index is 451. The molecule has 0 heterocycles. The lowest BCUT2D eigenvalue weighted by Crippen LogP contribution is -2.08. The number of hydrogen-bond acceptors (Lipinski definition) is 4. The first-order chi connectivity index (χ1) is 13.3. The van der Waals surface area contributed by atoms with Crippen molar-refractivity contribution in [3.8, 4) is 0 Å². The standard InChI is InChI=1S/C24H44N2O2/c1-20(2)14-10-7-8-12-16-25-22(4)18-21(3)19-23(5)26-28-17-13-9-11-15-24(6)27/h21H,1,7-19H2,2-6H3/b25-22+,26-23+. The SMILES string of the molecule is C=C(C)CCCCCC/N=C(\C)CC(C)C/C(C)=N/OCCCCCC(C)=O. The second-order valence-corrected chi connectivity index (χ2v) is 8.42. The van der Waals surface area contributed by atoms with Crippen LogP contribution in [0.25, 0.3) is 0 Å². The van der Waals surface area contributed by atoms with Gasteiger partial charge in [0, 0.05) is 18.7 Å². The molecular formula is C24H44N2O2. The van der Waals surface area contributed by atoms with E-state index in [-0.39, 0.29) is 5.78 Å². The van der Waals surface area contributed by atoms with E-state index in [1.165, 1.54) is 37.0 Å². The van der Waals surface area contributed by atoms with Gasteiger partial charge in [-0.05, 0) is 85.0 Å². The molecule has 1 atom stereocenters. The van der Waals surface area contributed by atoms with Gasteiger partial charge < -0.3 is 9.63 Å². The summed E-state index contributed by atoms with van der Waals surface area (Å²) in [5.41, 5.74) is 3.58. The van der Waals surface area contributed by atoms with Crippen LogP contribution in [-0.2, 0) is 9.63 Å². The van der Waals surface area contributed by atoms with E-state index < -0.39 is 0 Å². The Morgan fingerprint density at radius 2 is 1.46 bits per heavy atom. The summed E-state index contributed by atoms with van der Waals surface area (Å²) in [6.07, 6.45) is 11.7. The van der Waals surface area contributed by atoms with Crippen molar-refractivity contribution >= 4 is 17.2 Å². The summed E-state index contributed by atoms with van der Waals surface area (Å²) in [5.74, 6) is 0.795. The van der Waals surface area contributed by atoms with Crippen LogP contribution in [0.4, 0.5) is 0 Å². The van der Waals surface area contributed by atoms with Gasteiger partial charge in [-0.2, -0.15) is 0 Å². The lowest BCUT2D eigenvalue weighted by molar-refractivity contribution is -0.117. The van der Waals surface area contributed by atoms with Crippen LogP contribution in [0.2, 0.25) is 0 Å². The molecule has 0 aliphatic rings. The molecule has 0 aromatic carbocycles. The normalized spacial score (nSPS) is 13.5. The van der Waals surface area contributed by atoms with Gasteiger partial charge in [-0.1, -0.05) is 30.5 Å². The van der Waals surface area contributed by atoms with E-state index in [0.717, 1.165) is 50.8 Å². The van der Waals surface area contributed by atoms with E-state index in [4.69, 9.17) is 9.83 Å². The van der Waals surface area contributed by atoms with Crippen molar-refractivity contribution in [3.63, 3.8) is 0 Å². The van der Waals surface area contributed by atoms with Crippen molar-refractivity contribution in [1.29, 1.82) is 0 Å². The maximum Gasteiger partial charge on any atom is 0.129 e. The summed E-state index contributed by atoms with van der Waals surface area (Å²) in [4.78, 5) is 21.0. The molecule has 0 rings (SSSR count). The van der Waals surface area contributed by atoms with Gasteiger partial charge in [-0.25, -0.2) is 0 Å². The fourth-order valence-corrected chi connectivity index (χ4v) is 3.22. The molecule has 0 aromatic rings. The Morgan fingerprint density at radius 3 is 2.14 bits per heavy atom. The van der Waals surface area contributed by atoms with E-state index in [2.05, 4.69) is 32.5 Å². The number of allylic oxidation sites excluding steroid dienone is 1. The van der Waals surface area contributed by atoms with Crippen LogP contribution in [0.5, 0.6) is 0 Å². The first kappa shape index (κ1) is 26.6. The summed E-state index contributed by atoms with van der Waals surface area (Å²) in [7, 11) is 0. The highest BCUT2D eigenvalue weighted by molar-refractivity contribution is 5.84. The number of hydrogen-bond donors (Lipinski definition) is 0. The molecule has 0 amide bonds. The maximum absolute atomic E-state index is 10.9. The average Bonchev–Trinajstić information content (AvgIpc) is 2.59. The van der Waals surface area contributed by atoms with Crippen LogP contribution < -0.4 is 0 Å². The van der Waals surface area contributed by atoms with E-state index >= 15 is 0 Å². The molecule has 28 heavy (non-hydrogen) atoms. The molecule has 4 nitrogen and oxygen atoms in total. The monoisotopic (exact) mass is 392 g/mol. The topological polar surface area (TPSA) is 51.0 Å². The fraction of sp³-hybridized carbons (Fsp3) is 0.792. The molecule has 0 aliphatic heterocycles. The van der Waals surface area contributed by atoms with E-state index in [1.807, 2.05) is 6.92 Å². The number of Topliss-reactive ketones (excluding diaryl/α,β-unsaturated/α-hetero) is 1. The van der Waals surface area contributed by atoms with Gasteiger partial charge in [-0.3, -0.25) is 4.99 Å². The number of nitrogens with zero attached hydrogens (tertiary/aromatic N) is 2. The minimum absolute atomic E-state index is 0.265. The third kappa shape index (κ3) is 19.3. The average molecular weight is 393 g/mol. The Kier molecular flexibility index (Phi) is 16.7. The summed E-state index contributed by atoms with van der Waals surface area (Å²) in [6.45, 7) is 15.7. The second kappa shape index (κ2) is 17.6. The molecule has 1 unspecified atom stereocenters. The van der Waals surface area contributed by atoms with E-state index in [9.17, 15) is 4.79 Å². The van der Waals surface area contributed by atoms with Crippen molar-refractivity contribution in [2.24, 2.45) is 16.1 Å². The summed E-state index contributed by atoms with van der Waals surface area (Å²) in [5, 5.41) is 4.22. The molecule has 0 bridgehead atoms. The molecule has 162 valence electrons. The first-order valence-electron chi connectivity index (χ1n) is 11.1. The number of rotatable bonds is 18. The third-order valence-corrected chi connectivity index (χ3v) is 4.67. The smallest absolute Gasteiger partial charge is 0.129 e. The molecule has 0 aromatic heterocycles. The minimum Gasteiger partial charge on any atom is -0.396 e. The van der Waals surface area contributed by atoms with Crippen molar-refractivity contribution in [2.45, 2.75) is 105 Å². The van der Waals surface area contributed by atoms with Crippen LogP contribution in [0.1, 0.15) is 105 Å².